The molecule has 0 rings (SSSR count). The highest BCUT2D eigenvalue weighted by molar-refractivity contribution is 5.70. The van der Waals surface area contributed by atoms with Gasteiger partial charge in [-0.15, -0.1) is 0 Å². The van der Waals surface area contributed by atoms with Crippen LogP contribution in [-0.2, 0) is 14.3 Å². The molecule has 0 saturated heterocycles. The Labute approximate surface area is 67.0 Å². The number of carbonyl (C=O) groups is 1. The maximum Gasteiger partial charge on any atom is 0.332 e. The molecule has 0 amide bonds. The van der Waals surface area contributed by atoms with Crippen LogP contribution in [0.3, 0.4) is 0 Å². The fourth-order valence-electron chi connectivity index (χ4n) is 0.670. The van der Waals surface area contributed by atoms with Crippen molar-refractivity contribution in [1.82, 2.24) is 0 Å². The molecule has 1 atom stereocenters. The van der Waals surface area contributed by atoms with Crippen molar-refractivity contribution in [3.05, 3.63) is 12.2 Å². The van der Waals surface area contributed by atoms with E-state index >= 15 is 0 Å². The first-order valence-corrected chi connectivity index (χ1v) is 3.52. The lowest BCUT2D eigenvalue weighted by Crippen LogP contribution is -2.16. The van der Waals surface area contributed by atoms with Gasteiger partial charge >= 0.3 is 5.97 Å². The summed E-state index contributed by atoms with van der Waals surface area (Å²) in [5.74, 6) is -0.335. The Kier molecular flexibility index (Phi) is 5.47. The van der Waals surface area contributed by atoms with Gasteiger partial charge in [-0.05, 0) is 19.9 Å². The summed E-state index contributed by atoms with van der Waals surface area (Å²) >= 11 is 0. The average Bonchev–Trinajstić information content (AvgIpc) is 1.87. The largest absolute Gasteiger partial charge is 0.457 e. The van der Waals surface area contributed by atoms with Gasteiger partial charge < -0.3 is 9.47 Å². The molecule has 3 heteroatoms. The molecule has 0 N–H and O–H groups in total. The summed E-state index contributed by atoms with van der Waals surface area (Å²) in [5, 5.41) is 0. The molecule has 0 aliphatic rings. The molecule has 0 unspecified atom stereocenters. The summed E-state index contributed by atoms with van der Waals surface area (Å²) < 4.78 is 9.46. The Morgan fingerprint density at radius 2 is 2.27 bits per heavy atom. The zero-order chi connectivity index (χ0) is 8.69. The van der Waals surface area contributed by atoms with E-state index in [0.717, 1.165) is 0 Å². The van der Waals surface area contributed by atoms with E-state index in [1.165, 1.54) is 7.11 Å². The zero-order valence-electron chi connectivity index (χ0n) is 7.16. The molecule has 0 aromatic carbocycles. The van der Waals surface area contributed by atoms with Crippen molar-refractivity contribution in [3.8, 4) is 0 Å². The third kappa shape index (κ3) is 5.61. The van der Waals surface area contributed by atoms with Crippen LogP contribution < -0.4 is 0 Å². The Morgan fingerprint density at radius 1 is 1.64 bits per heavy atom. The van der Waals surface area contributed by atoms with Crippen molar-refractivity contribution in [1.29, 1.82) is 0 Å². The highest BCUT2D eigenvalue weighted by Crippen LogP contribution is 1.93. The molecule has 11 heavy (non-hydrogen) atoms. The second-order valence-corrected chi connectivity index (χ2v) is 2.15. The predicted molar refractivity (Wildman–Crippen MR) is 42.2 cm³/mol. The molecule has 0 heterocycles. The minimum absolute atomic E-state index is 0.0158. The van der Waals surface area contributed by atoms with Crippen LogP contribution in [0.15, 0.2) is 12.2 Å². The van der Waals surface area contributed by atoms with E-state index in [9.17, 15) is 4.79 Å². The minimum atomic E-state index is -0.335. The maximum atomic E-state index is 10.7. The van der Waals surface area contributed by atoms with Gasteiger partial charge in [0.15, 0.2) is 0 Å². The van der Waals surface area contributed by atoms with Crippen molar-refractivity contribution >= 4 is 5.97 Å². The van der Waals surface area contributed by atoms with Crippen LogP contribution in [0, 0.1) is 0 Å². The number of hydrogen-bond donors (Lipinski definition) is 0. The van der Waals surface area contributed by atoms with E-state index in [1.54, 1.807) is 13.0 Å². The van der Waals surface area contributed by atoms with E-state index in [-0.39, 0.29) is 18.7 Å². The standard InChI is InChI=1S/C8H14O3/c1-4-5-7(2)11-8(9)6-10-3/h4-5,7H,6H2,1-3H3/b5-4+/t7-/m1/s1. The van der Waals surface area contributed by atoms with Gasteiger partial charge in [0.2, 0.25) is 0 Å². The van der Waals surface area contributed by atoms with Gasteiger partial charge in [0.05, 0.1) is 0 Å². The molecule has 0 aliphatic carbocycles. The first-order valence-electron chi connectivity index (χ1n) is 3.52. The van der Waals surface area contributed by atoms with Crippen molar-refractivity contribution in [3.63, 3.8) is 0 Å². The molecule has 0 bridgehead atoms. The normalized spacial score (nSPS) is 13.4. The summed E-state index contributed by atoms with van der Waals surface area (Å²) in [4.78, 5) is 10.7. The number of esters is 1. The molecular weight excluding hydrogens is 144 g/mol. The van der Waals surface area contributed by atoms with Gasteiger partial charge in [-0.25, -0.2) is 4.79 Å². The molecule has 64 valence electrons. The fraction of sp³-hybridized carbons (Fsp3) is 0.625. The minimum Gasteiger partial charge on any atom is -0.457 e. The van der Waals surface area contributed by atoms with Crippen molar-refractivity contribution in [2.24, 2.45) is 0 Å². The van der Waals surface area contributed by atoms with Crippen molar-refractivity contribution in [2.45, 2.75) is 20.0 Å². The number of carbonyl (C=O) groups excluding carboxylic acids is 1. The smallest absolute Gasteiger partial charge is 0.332 e. The van der Waals surface area contributed by atoms with Crippen LogP contribution in [0.5, 0.6) is 0 Å². The molecule has 3 nitrogen and oxygen atoms in total. The monoisotopic (exact) mass is 158 g/mol. The lowest BCUT2D eigenvalue weighted by atomic mass is 10.3. The van der Waals surface area contributed by atoms with E-state index in [0.29, 0.717) is 0 Å². The molecule has 0 aliphatic heterocycles. The quantitative estimate of drug-likeness (QED) is 0.454. The summed E-state index contributed by atoms with van der Waals surface area (Å²) in [6.45, 7) is 3.69. The second-order valence-electron chi connectivity index (χ2n) is 2.15. The number of methoxy groups -OCH3 is 1. The number of rotatable bonds is 4. The van der Waals surface area contributed by atoms with Gasteiger partial charge in [0, 0.05) is 7.11 Å². The topological polar surface area (TPSA) is 35.5 Å². The molecule has 0 spiro atoms. The lowest BCUT2D eigenvalue weighted by Gasteiger charge is -2.07. The predicted octanol–water partition coefficient (Wildman–Crippen LogP) is 1.14. The van der Waals surface area contributed by atoms with Crippen LogP contribution in [0.1, 0.15) is 13.8 Å². The molecule has 0 saturated carbocycles. The third-order valence-corrected chi connectivity index (χ3v) is 1.04. The summed E-state index contributed by atoms with van der Waals surface area (Å²) in [6.07, 6.45) is 3.47. The number of ether oxygens (including phenoxy) is 2. The molecule has 0 fully saturated rings. The Bertz CT molecular complexity index is 140. The van der Waals surface area contributed by atoms with E-state index in [2.05, 4.69) is 4.74 Å². The van der Waals surface area contributed by atoms with Crippen molar-refractivity contribution in [2.75, 3.05) is 13.7 Å². The highest BCUT2D eigenvalue weighted by Gasteiger charge is 2.04. The van der Waals surface area contributed by atoms with Gasteiger partial charge in [0.1, 0.15) is 12.7 Å². The van der Waals surface area contributed by atoms with Gasteiger partial charge in [-0.3, -0.25) is 0 Å². The highest BCUT2D eigenvalue weighted by atomic mass is 16.6. The number of hydrogen-bond acceptors (Lipinski definition) is 3. The van der Waals surface area contributed by atoms with Crippen LogP contribution in [0.25, 0.3) is 0 Å². The van der Waals surface area contributed by atoms with E-state index < -0.39 is 0 Å². The Morgan fingerprint density at radius 3 is 2.73 bits per heavy atom. The average molecular weight is 158 g/mol. The SMILES string of the molecule is C/C=C/[C@@H](C)OC(=O)COC. The van der Waals surface area contributed by atoms with Gasteiger partial charge in [0.25, 0.3) is 0 Å². The molecule has 0 aromatic heterocycles. The first kappa shape index (κ1) is 10.2. The maximum absolute atomic E-state index is 10.7. The lowest BCUT2D eigenvalue weighted by molar-refractivity contribution is -0.150. The van der Waals surface area contributed by atoms with Gasteiger partial charge in [-0.1, -0.05) is 6.08 Å². The first-order chi connectivity index (χ1) is 5.20. The van der Waals surface area contributed by atoms with E-state index in [4.69, 9.17) is 4.74 Å². The van der Waals surface area contributed by atoms with Gasteiger partial charge in [-0.2, -0.15) is 0 Å². The second kappa shape index (κ2) is 5.92. The summed E-state index contributed by atoms with van der Waals surface area (Å²) in [6, 6.07) is 0. The van der Waals surface area contributed by atoms with Crippen molar-refractivity contribution < 1.29 is 14.3 Å². The van der Waals surface area contributed by atoms with Crippen LogP contribution in [0.2, 0.25) is 0 Å². The summed E-state index contributed by atoms with van der Waals surface area (Å²) in [5.41, 5.74) is 0. The van der Waals surface area contributed by atoms with Crippen LogP contribution in [-0.4, -0.2) is 25.8 Å². The Hall–Kier alpha value is -0.830. The fourth-order valence-corrected chi connectivity index (χ4v) is 0.670. The molecule has 0 radical (unpaired) electrons. The summed E-state index contributed by atoms with van der Waals surface area (Å²) in [7, 11) is 1.46. The molecular formula is C8H14O3. The third-order valence-electron chi connectivity index (χ3n) is 1.04. The van der Waals surface area contributed by atoms with Crippen LogP contribution >= 0.6 is 0 Å². The zero-order valence-corrected chi connectivity index (χ0v) is 7.16. The number of allylic oxidation sites excluding steroid dienone is 1. The van der Waals surface area contributed by atoms with Crippen LogP contribution in [0.4, 0.5) is 0 Å². The Balaban J connectivity index is 3.57. The molecule has 0 aromatic rings. The van der Waals surface area contributed by atoms with E-state index in [1.807, 2.05) is 13.0 Å².